The van der Waals surface area contributed by atoms with Gasteiger partial charge in [0.05, 0.1) is 0 Å². The Bertz CT molecular complexity index is 738. The van der Waals surface area contributed by atoms with Crippen molar-refractivity contribution in [3.05, 3.63) is 70.2 Å². The lowest BCUT2D eigenvalue weighted by atomic mass is 10.1. The maximum Gasteiger partial charge on any atom is 0.242 e. The molecular formula is C21H25BrN2O2S. The third kappa shape index (κ3) is 7.03. The molecule has 2 aromatic carbocycles. The van der Waals surface area contributed by atoms with Crippen molar-refractivity contribution in [1.29, 1.82) is 0 Å². The zero-order valence-corrected chi connectivity index (χ0v) is 18.1. The quantitative estimate of drug-likeness (QED) is 0.583. The van der Waals surface area contributed by atoms with E-state index in [1.165, 1.54) is 5.56 Å². The molecule has 1 N–H and O–H groups in total. The fourth-order valence-corrected chi connectivity index (χ4v) is 3.80. The molecule has 2 rings (SSSR count). The van der Waals surface area contributed by atoms with Gasteiger partial charge in [-0.1, -0.05) is 58.4 Å². The van der Waals surface area contributed by atoms with Gasteiger partial charge in [-0.15, -0.1) is 0 Å². The fourth-order valence-electron chi connectivity index (χ4n) is 2.65. The van der Waals surface area contributed by atoms with E-state index in [0.29, 0.717) is 13.0 Å². The highest BCUT2D eigenvalue weighted by molar-refractivity contribution is 9.10. The number of benzene rings is 2. The number of nitrogens with one attached hydrogen (secondary N) is 1. The Balaban J connectivity index is 1.95. The highest BCUT2D eigenvalue weighted by atomic mass is 79.9. The normalized spacial score (nSPS) is 11.7. The van der Waals surface area contributed by atoms with Crippen molar-refractivity contribution in [2.24, 2.45) is 0 Å². The lowest BCUT2D eigenvalue weighted by molar-refractivity contribution is -0.140. The van der Waals surface area contributed by atoms with E-state index in [-0.39, 0.29) is 11.8 Å². The molecule has 0 aliphatic rings. The van der Waals surface area contributed by atoms with Gasteiger partial charge >= 0.3 is 0 Å². The summed E-state index contributed by atoms with van der Waals surface area (Å²) in [7, 11) is 1.59. The summed E-state index contributed by atoms with van der Waals surface area (Å²) in [4.78, 5) is 26.6. The van der Waals surface area contributed by atoms with E-state index in [4.69, 9.17) is 0 Å². The molecule has 0 fully saturated rings. The number of likely N-dealkylation sites (N-methyl/N-ethyl adjacent to an activating group) is 1. The number of hydrogen-bond donors (Lipinski definition) is 1. The summed E-state index contributed by atoms with van der Waals surface area (Å²) in [6.07, 6.45) is 0.412. The number of carbonyl (C=O) groups excluding carboxylic acids is 2. The summed E-state index contributed by atoms with van der Waals surface area (Å²) < 4.78 is 0.987. The van der Waals surface area contributed by atoms with E-state index >= 15 is 0 Å². The number of nitrogens with zero attached hydrogens (tertiary/aromatic N) is 1. The van der Waals surface area contributed by atoms with Crippen LogP contribution in [0.25, 0.3) is 0 Å². The fraction of sp³-hybridized carbons (Fsp3) is 0.333. The van der Waals surface area contributed by atoms with Gasteiger partial charge in [0.2, 0.25) is 11.8 Å². The molecule has 0 spiro atoms. The summed E-state index contributed by atoms with van der Waals surface area (Å²) in [5.74, 6) is 1.45. The van der Waals surface area contributed by atoms with Crippen molar-refractivity contribution in [1.82, 2.24) is 10.2 Å². The average molecular weight is 449 g/mol. The van der Waals surface area contributed by atoms with Gasteiger partial charge in [0.25, 0.3) is 0 Å². The monoisotopic (exact) mass is 448 g/mol. The lowest BCUT2D eigenvalue weighted by Gasteiger charge is -2.28. The maximum absolute atomic E-state index is 12.8. The van der Waals surface area contributed by atoms with Crippen LogP contribution in [0.1, 0.15) is 24.5 Å². The summed E-state index contributed by atoms with van der Waals surface area (Å²) in [6.45, 7) is 2.19. The minimum absolute atomic E-state index is 0.00502. The highest BCUT2D eigenvalue weighted by Gasteiger charge is 2.25. The van der Waals surface area contributed by atoms with E-state index in [0.717, 1.165) is 21.5 Å². The van der Waals surface area contributed by atoms with Gasteiger partial charge in [0, 0.05) is 36.0 Å². The third-order valence-corrected chi connectivity index (χ3v) is 5.81. The summed E-state index contributed by atoms with van der Waals surface area (Å²) >= 11 is 5.15. The molecule has 0 aromatic heterocycles. The predicted octanol–water partition coefficient (Wildman–Crippen LogP) is 4.24. The molecular weight excluding hydrogens is 424 g/mol. The van der Waals surface area contributed by atoms with E-state index < -0.39 is 6.04 Å². The second-order valence-corrected chi connectivity index (χ2v) is 8.25. The van der Waals surface area contributed by atoms with Crippen molar-refractivity contribution in [2.45, 2.75) is 31.7 Å². The Morgan fingerprint density at radius 1 is 1.07 bits per heavy atom. The minimum atomic E-state index is -0.509. The first-order valence-corrected chi connectivity index (χ1v) is 10.8. The van der Waals surface area contributed by atoms with Crippen molar-refractivity contribution in [3.8, 4) is 0 Å². The topological polar surface area (TPSA) is 49.4 Å². The molecule has 4 nitrogen and oxygen atoms in total. The first-order chi connectivity index (χ1) is 13.0. The number of rotatable bonds is 9. The van der Waals surface area contributed by atoms with Crippen molar-refractivity contribution in [3.63, 3.8) is 0 Å². The molecule has 0 radical (unpaired) electrons. The van der Waals surface area contributed by atoms with Gasteiger partial charge in [0.15, 0.2) is 0 Å². The van der Waals surface area contributed by atoms with Gasteiger partial charge in [0.1, 0.15) is 6.04 Å². The first-order valence-electron chi connectivity index (χ1n) is 8.88. The number of hydrogen-bond acceptors (Lipinski definition) is 3. The molecule has 0 unspecified atom stereocenters. The van der Waals surface area contributed by atoms with E-state index in [9.17, 15) is 9.59 Å². The minimum Gasteiger partial charge on any atom is -0.357 e. The van der Waals surface area contributed by atoms with Gasteiger partial charge < -0.3 is 10.2 Å². The van der Waals surface area contributed by atoms with Gasteiger partial charge in [-0.05, 0) is 30.2 Å². The molecule has 0 aliphatic heterocycles. The predicted molar refractivity (Wildman–Crippen MR) is 115 cm³/mol. The zero-order valence-electron chi connectivity index (χ0n) is 15.7. The molecule has 0 saturated carbocycles. The first kappa shape index (κ1) is 21.5. The van der Waals surface area contributed by atoms with Gasteiger partial charge in [-0.2, -0.15) is 11.8 Å². The van der Waals surface area contributed by atoms with Crippen LogP contribution in [0, 0.1) is 0 Å². The molecule has 2 amide bonds. The van der Waals surface area contributed by atoms with Crippen molar-refractivity contribution >= 4 is 39.5 Å². The second-order valence-electron chi connectivity index (χ2n) is 6.23. The molecule has 6 heteroatoms. The van der Waals surface area contributed by atoms with Crippen LogP contribution >= 0.6 is 27.7 Å². The second kappa shape index (κ2) is 11.1. The van der Waals surface area contributed by atoms with Crippen LogP contribution < -0.4 is 5.32 Å². The molecule has 0 bridgehead atoms. The third-order valence-electron chi connectivity index (χ3n) is 4.25. The largest absolute Gasteiger partial charge is 0.357 e. The van der Waals surface area contributed by atoms with Crippen LogP contribution in [-0.2, 0) is 21.9 Å². The molecule has 27 heavy (non-hydrogen) atoms. The van der Waals surface area contributed by atoms with Crippen molar-refractivity contribution < 1.29 is 9.59 Å². The van der Waals surface area contributed by atoms with Crippen LogP contribution in [0.15, 0.2) is 59.1 Å². The zero-order chi connectivity index (χ0) is 19.6. The van der Waals surface area contributed by atoms with Crippen LogP contribution in [0.5, 0.6) is 0 Å². The molecule has 2 aromatic rings. The Labute approximate surface area is 173 Å². The molecule has 0 saturated heterocycles. The summed E-state index contributed by atoms with van der Waals surface area (Å²) in [5, 5.41) is 2.64. The Morgan fingerprint density at radius 3 is 2.37 bits per heavy atom. The molecule has 0 heterocycles. The number of carbonyl (C=O) groups is 2. The number of amides is 2. The van der Waals surface area contributed by atoms with E-state index in [1.54, 1.807) is 30.6 Å². The number of thioether (sulfide) groups is 1. The SMILES string of the molecule is CNC(=O)[C@H](C)N(Cc1ccc(Br)cc1)C(=O)CCSCc1ccccc1. The maximum atomic E-state index is 12.8. The summed E-state index contributed by atoms with van der Waals surface area (Å²) in [6, 6.07) is 17.5. The molecule has 0 aliphatic carbocycles. The van der Waals surface area contributed by atoms with Crippen LogP contribution in [0.3, 0.4) is 0 Å². The van der Waals surface area contributed by atoms with Gasteiger partial charge in [-0.25, -0.2) is 0 Å². The average Bonchev–Trinajstić information content (AvgIpc) is 2.70. The van der Waals surface area contributed by atoms with E-state index in [2.05, 4.69) is 33.4 Å². The Morgan fingerprint density at radius 2 is 1.74 bits per heavy atom. The van der Waals surface area contributed by atoms with Crippen LogP contribution in [0.2, 0.25) is 0 Å². The molecule has 144 valence electrons. The standard InChI is InChI=1S/C21H25BrN2O2S/c1-16(21(26)23-2)24(14-17-8-10-19(22)11-9-17)20(25)12-13-27-15-18-6-4-3-5-7-18/h3-11,16H,12-15H2,1-2H3,(H,23,26)/t16-/m0/s1. The van der Waals surface area contributed by atoms with Crippen LogP contribution in [-0.4, -0.2) is 35.6 Å². The number of halogens is 1. The summed E-state index contributed by atoms with van der Waals surface area (Å²) in [5.41, 5.74) is 2.25. The lowest BCUT2D eigenvalue weighted by Crippen LogP contribution is -2.46. The van der Waals surface area contributed by atoms with Crippen LogP contribution in [0.4, 0.5) is 0 Å². The smallest absolute Gasteiger partial charge is 0.242 e. The Kier molecular flexibility index (Phi) is 8.88. The van der Waals surface area contributed by atoms with Gasteiger partial charge in [-0.3, -0.25) is 9.59 Å². The van der Waals surface area contributed by atoms with Crippen molar-refractivity contribution in [2.75, 3.05) is 12.8 Å². The highest BCUT2D eigenvalue weighted by Crippen LogP contribution is 2.17. The Hall–Kier alpha value is -1.79. The molecule has 1 atom stereocenters. The van der Waals surface area contributed by atoms with E-state index in [1.807, 2.05) is 42.5 Å².